The molecule has 0 radical (unpaired) electrons. The standard InChI is InChI=1S/C14H18ClN3O/c1-11-10-14(16)17-18(11)8-4-5-9-19-13-7-3-2-6-12(13)15/h2-3,6-7,10H,4-5,8-9H2,1H3,(H2,16,17). The normalized spacial score (nSPS) is 10.6. The molecule has 0 aliphatic rings. The van der Waals surface area contributed by atoms with E-state index in [1.54, 1.807) is 0 Å². The Kier molecular flexibility index (Phi) is 4.68. The van der Waals surface area contributed by atoms with Crippen LogP contribution in [0.2, 0.25) is 5.02 Å². The van der Waals surface area contributed by atoms with Crippen molar-refractivity contribution in [2.75, 3.05) is 12.3 Å². The Bertz CT molecular complexity index is 539. The minimum Gasteiger partial charge on any atom is -0.492 e. The number of benzene rings is 1. The van der Waals surface area contributed by atoms with E-state index in [1.165, 1.54) is 0 Å². The molecular formula is C14H18ClN3O. The van der Waals surface area contributed by atoms with Gasteiger partial charge in [-0.05, 0) is 31.9 Å². The zero-order valence-electron chi connectivity index (χ0n) is 11.0. The lowest BCUT2D eigenvalue weighted by atomic mass is 10.3. The molecule has 5 heteroatoms. The van der Waals surface area contributed by atoms with Crippen LogP contribution in [0.15, 0.2) is 30.3 Å². The molecule has 2 N–H and O–H groups in total. The van der Waals surface area contributed by atoms with Crippen molar-refractivity contribution in [3.05, 3.63) is 41.0 Å². The Morgan fingerprint density at radius 3 is 2.79 bits per heavy atom. The van der Waals surface area contributed by atoms with E-state index < -0.39 is 0 Å². The molecule has 102 valence electrons. The van der Waals surface area contributed by atoms with Gasteiger partial charge >= 0.3 is 0 Å². The lowest BCUT2D eigenvalue weighted by molar-refractivity contribution is 0.302. The number of ether oxygens (including phenoxy) is 1. The van der Waals surface area contributed by atoms with Crippen LogP contribution < -0.4 is 10.5 Å². The van der Waals surface area contributed by atoms with Crippen molar-refractivity contribution in [1.29, 1.82) is 0 Å². The van der Waals surface area contributed by atoms with Gasteiger partial charge in [0.05, 0.1) is 11.6 Å². The number of rotatable bonds is 6. The monoisotopic (exact) mass is 279 g/mol. The average Bonchev–Trinajstić information content (AvgIpc) is 2.70. The van der Waals surface area contributed by atoms with Crippen LogP contribution in [0.1, 0.15) is 18.5 Å². The molecule has 0 fully saturated rings. The fourth-order valence-corrected chi connectivity index (χ4v) is 2.06. The predicted molar refractivity (Wildman–Crippen MR) is 77.6 cm³/mol. The Hall–Kier alpha value is -1.68. The lowest BCUT2D eigenvalue weighted by Gasteiger charge is -2.08. The van der Waals surface area contributed by atoms with Gasteiger partial charge in [-0.1, -0.05) is 23.7 Å². The minimum absolute atomic E-state index is 0.574. The fraction of sp³-hybridized carbons (Fsp3) is 0.357. The number of nitrogen functional groups attached to an aromatic ring is 1. The number of anilines is 1. The summed E-state index contributed by atoms with van der Waals surface area (Å²) in [6.07, 6.45) is 1.94. The van der Waals surface area contributed by atoms with Crippen molar-refractivity contribution >= 4 is 17.4 Å². The molecule has 0 atom stereocenters. The second-order valence-electron chi connectivity index (χ2n) is 4.42. The number of hydrogen-bond acceptors (Lipinski definition) is 3. The number of aryl methyl sites for hydroxylation is 2. The molecule has 0 amide bonds. The third-order valence-electron chi connectivity index (χ3n) is 2.86. The first-order valence-electron chi connectivity index (χ1n) is 6.34. The SMILES string of the molecule is Cc1cc(N)nn1CCCCOc1ccccc1Cl. The summed E-state index contributed by atoms with van der Waals surface area (Å²) >= 11 is 6.00. The molecule has 1 aromatic carbocycles. The Morgan fingerprint density at radius 1 is 1.32 bits per heavy atom. The highest BCUT2D eigenvalue weighted by Gasteiger charge is 2.02. The van der Waals surface area contributed by atoms with Crippen molar-refractivity contribution in [3.8, 4) is 5.75 Å². The summed E-state index contributed by atoms with van der Waals surface area (Å²) in [4.78, 5) is 0. The average molecular weight is 280 g/mol. The van der Waals surface area contributed by atoms with E-state index >= 15 is 0 Å². The van der Waals surface area contributed by atoms with Gasteiger partial charge in [0.25, 0.3) is 0 Å². The highest BCUT2D eigenvalue weighted by molar-refractivity contribution is 6.32. The second kappa shape index (κ2) is 6.48. The quantitative estimate of drug-likeness (QED) is 0.826. The first-order valence-corrected chi connectivity index (χ1v) is 6.72. The summed E-state index contributed by atoms with van der Waals surface area (Å²) in [5, 5.41) is 4.86. The third kappa shape index (κ3) is 3.89. The smallest absolute Gasteiger partial charge is 0.145 e. The summed E-state index contributed by atoms with van der Waals surface area (Å²) in [7, 11) is 0. The van der Waals surface area contributed by atoms with Gasteiger partial charge < -0.3 is 10.5 Å². The molecule has 1 heterocycles. The molecule has 0 aliphatic heterocycles. The number of para-hydroxylation sites is 1. The molecule has 2 aromatic rings. The van der Waals surface area contributed by atoms with Crippen molar-refractivity contribution in [1.82, 2.24) is 9.78 Å². The van der Waals surface area contributed by atoms with E-state index in [2.05, 4.69) is 5.10 Å². The second-order valence-corrected chi connectivity index (χ2v) is 4.83. The third-order valence-corrected chi connectivity index (χ3v) is 3.17. The van der Waals surface area contributed by atoms with Crippen molar-refractivity contribution in [2.45, 2.75) is 26.3 Å². The zero-order chi connectivity index (χ0) is 13.7. The number of nitrogens with zero attached hydrogens (tertiary/aromatic N) is 2. The minimum atomic E-state index is 0.574. The molecule has 0 spiro atoms. The summed E-state index contributed by atoms with van der Waals surface area (Å²) in [6, 6.07) is 9.38. The van der Waals surface area contributed by atoms with Gasteiger partial charge in [0.2, 0.25) is 0 Å². The molecule has 0 aliphatic carbocycles. The van der Waals surface area contributed by atoms with Crippen LogP contribution in [0.5, 0.6) is 5.75 Å². The highest BCUT2D eigenvalue weighted by atomic mass is 35.5. The van der Waals surface area contributed by atoms with E-state index in [4.69, 9.17) is 22.1 Å². The summed E-state index contributed by atoms with van der Waals surface area (Å²) in [5.41, 5.74) is 6.72. The molecule has 0 bridgehead atoms. The molecule has 0 saturated carbocycles. The number of halogens is 1. The van der Waals surface area contributed by atoms with E-state index in [9.17, 15) is 0 Å². The maximum atomic E-state index is 6.00. The summed E-state index contributed by atoms with van der Waals surface area (Å²) in [5.74, 6) is 1.31. The van der Waals surface area contributed by atoms with Crippen molar-refractivity contribution < 1.29 is 4.74 Å². The van der Waals surface area contributed by atoms with E-state index in [0.717, 1.165) is 30.8 Å². The summed E-state index contributed by atoms with van der Waals surface area (Å²) < 4.78 is 7.55. The first-order chi connectivity index (χ1) is 9.16. The van der Waals surface area contributed by atoms with Crippen LogP contribution in [0.3, 0.4) is 0 Å². The molecular weight excluding hydrogens is 262 g/mol. The van der Waals surface area contributed by atoms with Gasteiger partial charge in [-0.3, -0.25) is 4.68 Å². The van der Waals surface area contributed by atoms with E-state index in [1.807, 2.05) is 41.9 Å². The predicted octanol–water partition coefficient (Wildman–Crippen LogP) is 3.29. The summed E-state index contributed by atoms with van der Waals surface area (Å²) in [6.45, 7) is 3.51. The van der Waals surface area contributed by atoms with E-state index in [0.29, 0.717) is 17.4 Å². The highest BCUT2D eigenvalue weighted by Crippen LogP contribution is 2.23. The van der Waals surface area contributed by atoms with E-state index in [-0.39, 0.29) is 0 Å². The fourth-order valence-electron chi connectivity index (χ4n) is 1.87. The molecule has 2 rings (SSSR count). The van der Waals surface area contributed by atoms with Crippen molar-refractivity contribution in [2.24, 2.45) is 0 Å². The van der Waals surface area contributed by atoms with Gasteiger partial charge in [-0.25, -0.2) is 0 Å². The number of hydrogen-bond donors (Lipinski definition) is 1. The lowest BCUT2D eigenvalue weighted by Crippen LogP contribution is -2.05. The van der Waals surface area contributed by atoms with Gasteiger partial charge in [0, 0.05) is 18.3 Å². The van der Waals surface area contributed by atoms with Crippen LogP contribution in [0.4, 0.5) is 5.82 Å². The maximum Gasteiger partial charge on any atom is 0.145 e. The van der Waals surface area contributed by atoms with Crippen LogP contribution in [-0.2, 0) is 6.54 Å². The first kappa shape index (κ1) is 13.7. The number of nitrogens with two attached hydrogens (primary N) is 1. The van der Waals surface area contributed by atoms with Crippen molar-refractivity contribution in [3.63, 3.8) is 0 Å². The van der Waals surface area contributed by atoms with Gasteiger partial charge in [0.1, 0.15) is 11.6 Å². The Labute approximate surface area is 118 Å². The van der Waals surface area contributed by atoms with Gasteiger partial charge in [0.15, 0.2) is 0 Å². The van der Waals surface area contributed by atoms with Gasteiger partial charge in [-0.2, -0.15) is 5.10 Å². The number of aromatic nitrogens is 2. The topological polar surface area (TPSA) is 53.1 Å². The van der Waals surface area contributed by atoms with Crippen LogP contribution in [0, 0.1) is 6.92 Å². The molecule has 0 saturated heterocycles. The number of unbranched alkanes of at least 4 members (excludes halogenated alkanes) is 1. The molecule has 19 heavy (non-hydrogen) atoms. The van der Waals surface area contributed by atoms with Crippen LogP contribution in [0.25, 0.3) is 0 Å². The Balaban J connectivity index is 1.70. The molecule has 0 unspecified atom stereocenters. The molecule has 4 nitrogen and oxygen atoms in total. The van der Waals surface area contributed by atoms with Gasteiger partial charge in [-0.15, -0.1) is 0 Å². The zero-order valence-corrected chi connectivity index (χ0v) is 11.7. The maximum absolute atomic E-state index is 6.00. The largest absolute Gasteiger partial charge is 0.492 e. The van der Waals surface area contributed by atoms with Crippen LogP contribution in [-0.4, -0.2) is 16.4 Å². The Morgan fingerprint density at radius 2 is 2.11 bits per heavy atom. The van der Waals surface area contributed by atoms with Crippen LogP contribution >= 0.6 is 11.6 Å². The molecule has 1 aromatic heterocycles.